The van der Waals surface area contributed by atoms with E-state index in [0.717, 1.165) is 11.9 Å². The maximum absolute atomic E-state index is 13.6. The van der Waals surface area contributed by atoms with Crippen molar-refractivity contribution in [2.24, 2.45) is 0 Å². The fourth-order valence-electron chi connectivity index (χ4n) is 7.82. The number of carboxylic acids is 1. The summed E-state index contributed by atoms with van der Waals surface area (Å²) in [4.78, 5) is 87.0. The lowest BCUT2D eigenvalue weighted by Crippen LogP contribution is -2.48. The third kappa shape index (κ3) is 21.8. The number of carboxylic acid groups (broad SMARTS) is 1. The predicted molar refractivity (Wildman–Crippen MR) is 284 cm³/mol. The molecule has 0 bridgehead atoms. The summed E-state index contributed by atoms with van der Waals surface area (Å²) < 4.78 is 69.2. The Morgan fingerprint density at radius 2 is 1.45 bits per heavy atom. The van der Waals surface area contributed by atoms with Crippen LogP contribution in [0.4, 0.5) is 5.95 Å². The molecule has 26 nitrogen and oxygen atoms in total. The number of aliphatic carboxylic acids is 1. The van der Waals surface area contributed by atoms with Gasteiger partial charge in [-0.3, -0.25) is 38.4 Å². The number of hydrogen-bond donors (Lipinski definition) is 10. The number of carbonyl (C=O) groups excluding carboxylic acids is 4. The van der Waals surface area contributed by atoms with Gasteiger partial charge in [-0.25, -0.2) is 18.0 Å². The summed E-state index contributed by atoms with van der Waals surface area (Å²) in [7, 11) is -9.08. The summed E-state index contributed by atoms with van der Waals surface area (Å²) in [5, 5.41) is 29.0. The van der Waals surface area contributed by atoms with Crippen LogP contribution in [0.1, 0.15) is 66.1 Å². The molecule has 28 heteroatoms. The van der Waals surface area contributed by atoms with Crippen LogP contribution in [0.25, 0.3) is 10.9 Å². The topological polar surface area (TPSA) is 362 Å². The Morgan fingerprint density at radius 3 is 2.08 bits per heavy atom. The quantitative estimate of drug-likeness (QED) is 0.0202. The van der Waals surface area contributed by atoms with Crippen LogP contribution in [0, 0.1) is 13.8 Å². The van der Waals surface area contributed by atoms with Gasteiger partial charge < -0.3 is 60.1 Å². The lowest BCUT2D eigenvalue weighted by Gasteiger charge is -2.19. The second-order valence-electron chi connectivity index (χ2n) is 17.8. The predicted octanol–water partition coefficient (Wildman–Crippen LogP) is 2.48. The van der Waals surface area contributed by atoms with E-state index in [4.69, 9.17) is 28.7 Å². The average Bonchev–Trinajstić information content (AvgIpc) is 4.07. The lowest BCUT2D eigenvalue weighted by atomic mass is 10.0. The highest BCUT2D eigenvalue weighted by molar-refractivity contribution is 7.89. The molecular weight excluding hydrogens is 1060 g/mol. The van der Waals surface area contributed by atoms with E-state index in [1.54, 1.807) is 62.8 Å². The molecule has 0 aliphatic rings. The van der Waals surface area contributed by atoms with Crippen molar-refractivity contribution in [1.82, 2.24) is 45.7 Å². The number of benzene rings is 3. The van der Waals surface area contributed by atoms with Crippen molar-refractivity contribution < 1.29 is 75.3 Å². The van der Waals surface area contributed by atoms with E-state index < -0.39 is 60.2 Å². The van der Waals surface area contributed by atoms with E-state index >= 15 is 0 Å². The Hall–Kier alpha value is -6.97. The number of aromatic amines is 1. The van der Waals surface area contributed by atoms with Crippen LogP contribution in [0.15, 0.2) is 78.1 Å². The molecule has 0 spiro atoms. The summed E-state index contributed by atoms with van der Waals surface area (Å²) in [6.45, 7) is 8.18. The average molecular weight is 1130 g/mol. The lowest BCUT2D eigenvalue weighted by molar-refractivity contribution is -0.138. The Morgan fingerprint density at radius 1 is 0.782 bits per heavy atom. The molecule has 2 aromatic heterocycles. The number of phosphoric ester groups is 1. The van der Waals surface area contributed by atoms with Gasteiger partial charge in [0.15, 0.2) is 5.95 Å². The number of ether oxygens (including phenoxy) is 4. The first kappa shape index (κ1) is 61.9. The molecule has 0 saturated heterocycles. The van der Waals surface area contributed by atoms with Crippen LogP contribution in [-0.2, 0) is 60.9 Å². The van der Waals surface area contributed by atoms with Crippen LogP contribution < -0.4 is 40.6 Å². The first-order valence-electron chi connectivity index (χ1n) is 25.1. The van der Waals surface area contributed by atoms with Gasteiger partial charge in [0.2, 0.25) is 27.7 Å². The first-order valence-corrected chi connectivity index (χ1v) is 28.1. The van der Waals surface area contributed by atoms with Gasteiger partial charge in [0.05, 0.1) is 49.6 Å². The number of hydrogen-bond acceptors (Lipinski definition) is 16. The molecule has 0 fully saturated rings. The number of phosphoric acid groups is 1. The highest BCUT2D eigenvalue weighted by Crippen LogP contribution is 2.37. The van der Waals surface area contributed by atoms with E-state index in [-0.39, 0.29) is 41.6 Å². The van der Waals surface area contributed by atoms with E-state index in [2.05, 4.69) is 50.9 Å². The zero-order valence-electron chi connectivity index (χ0n) is 43.7. The number of amides is 4. The number of H-pyrrole nitrogens is 1. The molecule has 2 heterocycles. The molecule has 0 radical (unpaired) electrons. The second kappa shape index (κ2) is 31.4. The third-order valence-corrected chi connectivity index (χ3v) is 13.6. The smallest absolute Gasteiger partial charge is 0.494 e. The molecule has 426 valence electrons. The number of nitrogens with one attached hydrogen (secondary N) is 7. The van der Waals surface area contributed by atoms with E-state index in [9.17, 15) is 42.1 Å². The molecule has 2 atom stereocenters. The van der Waals surface area contributed by atoms with Crippen molar-refractivity contribution in [3.8, 4) is 11.5 Å². The fourth-order valence-corrected chi connectivity index (χ4v) is 9.86. The molecular formula is C50H69N10O16PS. The first-order chi connectivity index (χ1) is 37.3. The molecule has 5 aromatic rings. The Bertz CT molecular complexity index is 2880. The molecule has 0 unspecified atom stereocenters. The molecule has 4 amide bonds. The van der Waals surface area contributed by atoms with Crippen molar-refractivity contribution in [2.75, 3.05) is 77.7 Å². The highest BCUT2D eigenvalue weighted by Gasteiger charge is 2.29. The van der Waals surface area contributed by atoms with E-state index in [1.165, 1.54) is 31.2 Å². The van der Waals surface area contributed by atoms with Gasteiger partial charge >= 0.3 is 13.8 Å². The minimum Gasteiger partial charge on any atom is -0.494 e. The molecule has 78 heavy (non-hydrogen) atoms. The van der Waals surface area contributed by atoms with Crippen LogP contribution in [0.2, 0.25) is 0 Å². The number of aromatic nitrogens is 4. The van der Waals surface area contributed by atoms with Crippen molar-refractivity contribution in [1.29, 1.82) is 0 Å². The monoisotopic (exact) mass is 1130 g/mol. The molecule has 10 N–H and O–H groups in total. The SMILES string of the molecule is CC(=O)N[C@H](Cc1ccc(OP(=O)(O)O)cc1)C(=O)NCCCOCCOCCOCCCNC(=O)CCCOc1cc(C)c(S(=O)(=O)N[C@@H](CNC(=O)c2ccc3c(cnn3CCCNc3ncc[nH]3)c2)C(=O)O)c(C)c1. The van der Waals surface area contributed by atoms with Gasteiger partial charge in [-0.15, -0.1) is 0 Å². The number of aryl methyl sites for hydroxylation is 3. The number of anilines is 1. The zero-order chi connectivity index (χ0) is 56.5. The van der Waals surface area contributed by atoms with Gasteiger partial charge in [0.25, 0.3) is 5.91 Å². The number of rotatable bonds is 37. The Labute approximate surface area is 451 Å². The second-order valence-corrected chi connectivity index (χ2v) is 20.6. The normalized spacial score (nSPS) is 12.4. The zero-order valence-corrected chi connectivity index (χ0v) is 45.4. The van der Waals surface area contributed by atoms with Crippen molar-refractivity contribution in [2.45, 2.75) is 82.8 Å². The molecule has 5 rings (SSSR count). The molecule has 0 aliphatic carbocycles. The minimum atomic E-state index is -4.70. The number of carbonyl (C=O) groups is 5. The van der Waals surface area contributed by atoms with Crippen LogP contribution in [-0.4, -0.2) is 157 Å². The number of fused-ring (bicyclic) bond motifs is 1. The van der Waals surface area contributed by atoms with Gasteiger partial charge in [0.1, 0.15) is 23.6 Å². The standard InChI is InChI=1S/C50H69N10O16PS/c1-34-28-41(29-35(2)46(34)78(70,71)59-43(49(65)66)33-56-47(63)38-11-14-44-39(31-38)32-57-60(44)20-5-15-53-50-54-18-19-55-50)75-23-4-8-45(62)51-16-6-21-72-24-26-74-27-25-73-22-7-17-52-48(64)42(58-36(3)61)30-37-9-12-40(13-10-37)76-77(67,68)69/h9-14,18-19,28-29,31-32,42-43,59H,4-8,15-17,20-27,30,33H2,1-3H3,(H,51,62)(H,52,64)(H,56,63)(H,58,61)(H,65,66)(H2,53,54,55)(H2,67,68,69)/t42-,43+/m1/s1. The summed E-state index contributed by atoms with van der Waals surface area (Å²) in [6, 6.07) is 11.3. The van der Waals surface area contributed by atoms with Gasteiger partial charge in [-0.05, 0) is 98.7 Å². The van der Waals surface area contributed by atoms with Gasteiger partial charge in [0, 0.05) is 89.0 Å². The summed E-state index contributed by atoms with van der Waals surface area (Å²) >= 11 is 0. The van der Waals surface area contributed by atoms with E-state index in [1.807, 2.05) is 4.68 Å². The largest absolute Gasteiger partial charge is 0.524 e. The maximum atomic E-state index is 13.6. The van der Waals surface area contributed by atoms with Crippen LogP contribution >= 0.6 is 7.82 Å². The van der Waals surface area contributed by atoms with Gasteiger partial charge in [-0.1, -0.05) is 12.1 Å². The number of sulfonamides is 1. The fraction of sp³-hybridized carbons (Fsp3) is 0.460. The van der Waals surface area contributed by atoms with Crippen molar-refractivity contribution in [3.63, 3.8) is 0 Å². The summed E-state index contributed by atoms with van der Waals surface area (Å²) in [5.74, 6) is -2.01. The summed E-state index contributed by atoms with van der Waals surface area (Å²) in [6.07, 6.45) is 7.60. The molecule has 0 aliphatic heterocycles. The van der Waals surface area contributed by atoms with Crippen LogP contribution in [0.3, 0.4) is 0 Å². The minimum absolute atomic E-state index is 0.0348. The third-order valence-electron chi connectivity index (χ3n) is 11.4. The highest BCUT2D eigenvalue weighted by atomic mass is 32.2. The molecule has 0 saturated carbocycles. The van der Waals surface area contributed by atoms with Gasteiger partial charge in [-0.2, -0.15) is 9.82 Å². The number of nitrogens with zero attached hydrogens (tertiary/aromatic N) is 3. The van der Waals surface area contributed by atoms with E-state index in [0.29, 0.717) is 119 Å². The van der Waals surface area contributed by atoms with Crippen molar-refractivity contribution in [3.05, 3.63) is 95.4 Å². The number of imidazole rings is 1. The maximum Gasteiger partial charge on any atom is 0.524 e. The van der Waals surface area contributed by atoms with Crippen LogP contribution in [0.5, 0.6) is 11.5 Å². The molecule has 3 aromatic carbocycles. The van der Waals surface area contributed by atoms with Crippen molar-refractivity contribution >= 4 is 64.3 Å². The summed E-state index contributed by atoms with van der Waals surface area (Å²) in [5.41, 5.74) is 2.31. The Kier molecular flexibility index (Phi) is 24.9. The Balaban J connectivity index is 0.879.